The predicted molar refractivity (Wildman–Crippen MR) is 111 cm³/mol. The van der Waals surface area contributed by atoms with E-state index in [9.17, 15) is 4.79 Å². The van der Waals surface area contributed by atoms with E-state index in [2.05, 4.69) is 45.4 Å². The number of hydrogen-bond acceptors (Lipinski definition) is 4. The summed E-state index contributed by atoms with van der Waals surface area (Å²) in [6.45, 7) is 6.09. The average Bonchev–Trinajstić information content (AvgIpc) is 3.19. The van der Waals surface area contributed by atoms with E-state index in [0.29, 0.717) is 0 Å². The highest BCUT2D eigenvalue weighted by molar-refractivity contribution is 5.95. The van der Waals surface area contributed by atoms with Crippen LogP contribution in [0.4, 0.5) is 5.69 Å². The summed E-state index contributed by atoms with van der Waals surface area (Å²) in [4.78, 5) is 17.8. The first-order valence-corrected chi connectivity index (χ1v) is 10.3. The molecule has 0 bridgehead atoms. The van der Waals surface area contributed by atoms with Gasteiger partial charge in [0.05, 0.1) is 19.3 Å². The van der Waals surface area contributed by atoms with Gasteiger partial charge in [0.1, 0.15) is 0 Å². The van der Waals surface area contributed by atoms with Crippen LogP contribution >= 0.6 is 0 Å². The van der Waals surface area contributed by atoms with Crippen LogP contribution in [0.15, 0.2) is 54.6 Å². The maximum atomic E-state index is 13.1. The van der Waals surface area contributed by atoms with Crippen LogP contribution in [0.3, 0.4) is 0 Å². The van der Waals surface area contributed by atoms with E-state index in [1.165, 1.54) is 11.1 Å². The Morgan fingerprint density at radius 1 is 0.964 bits per heavy atom. The van der Waals surface area contributed by atoms with Gasteiger partial charge in [0, 0.05) is 31.9 Å². The number of amides is 1. The number of rotatable bonds is 6. The molecule has 0 spiro atoms. The molecule has 2 aliphatic rings. The van der Waals surface area contributed by atoms with Gasteiger partial charge < -0.3 is 10.1 Å². The number of likely N-dealkylation sites (tertiary alicyclic amines) is 1. The highest BCUT2D eigenvalue weighted by Gasteiger charge is 2.31. The van der Waals surface area contributed by atoms with E-state index in [1.54, 1.807) is 0 Å². The number of carbonyl (C=O) groups is 1. The maximum Gasteiger partial charge on any atom is 0.241 e. The van der Waals surface area contributed by atoms with Crippen LogP contribution in [0.2, 0.25) is 0 Å². The van der Waals surface area contributed by atoms with Crippen LogP contribution in [0.1, 0.15) is 24.0 Å². The second kappa shape index (κ2) is 9.32. The Morgan fingerprint density at radius 2 is 1.71 bits per heavy atom. The Balaban J connectivity index is 1.41. The molecule has 28 heavy (non-hydrogen) atoms. The molecule has 0 aliphatic carbocycles. The number of carbonyl (C=O) groups excluding carboxylic acids is 1. The number of benzene rings is 2. The highest BCUT2D eigenvalue weighted by Crippen LogP contribution is 2.23. The van der Waals surface area contributed by atoms with Crippen LogP contribution in [0.25, 0.3) is 0 Å². The van der Waals surface area contributed by atoms with E-state index >= 15 is 0 Å². The highest BCUT2D eigenvalue weighted by atomic mass is 16.5. The summed E-state index contributed by atoms with van der Waals surface area (Å²) < 4.78 is 5.44. The zero-order chi connectivity index (χ0) is 19.2. The van der Waals surface area contributed by atoms with E-state index in [-0.39, 0.29) is 11.9 Å². The molecule has 0 aromatic heterocycles. The van der Waals surface area contributed by atoms with E-state index in [0.717, 1.165) is 64.5 Å². The number of para-hydroxylation sites is 1. The molecule has 5 nitrogen and oxygen atoms in total. The number of hydrogen-bond donors (Lipinski definition) is 1. The Kier molecular flexibility index (Phi) is 6.37. The monoisotopic (exact) mass is 379 g/mol. The summed E-state index contributed by atoms with van der Waals surface area (Å²) in [6, 6.07) is 18.5. The summed E-state index contributed by atoms with van der Waals surface area (Å²) in [5.41, 5.74) is 3.37. The fourth-order valence-electron chi connectivity index (χ4n) is 4.13. The predicted octanol–water partition coefficient (Wildman–Crippen LogP) is 3.12. The molecule has 2 aliphatic heterocycles. The Hall–Kier alpha value is -2.21. The van der Waals surface area contributed by atoms with Crippen LogP contribution in [-0.2, 0) is 22.6 Å². The van der Waals surface area contributed by atoms with Gasteiger partial charge in [-0.15, -0.1) is 0 Å². The maximum absolute atomic E-state index is 13.1. The van der Waals surface area contributed by atoms with Crippen molar-refractivity contribution >= 4 is 11.6 Å². The molecular weight excluding hydrogens is 350 g/mol. The van der Waals surface area contributed by atoms with E-state index in [4.69, 9.17) is 4.74 Å². The van der Waals surface area contributed by atoms with Crippen molar-refractivity contribution in [3.63, 3.8) is 0 Å². The minimum absolute atomic E-state index is 0.0587. The third kappa shape index (κ3) is 4.79. The van der Waals surface area contributed by atoms with Crippen molar-refractivity contribution < 1.29 is 9.53 Å². The average molecular weight is 380 g/mol. The fourth-order valence-corrected chi connectivity index (χ4v) is 4.13. The van der Waals surface area contributed by atoms with Crippen molar-refractivity contribution in [1.29, 1.82) is 0 Å². The summed E-state index contributed by atoms with van der Waals surface area (Å²) in [7, 11) is 0. The second-order valence-corrected chi connectivity index (χ2v) is 7.65. The first kappa shape index (κ1) is 19.1. The minimum Gasteiger partial charge on any atom is -0.379 e. The molecule has 0 saturated carbocycles. The third-order valence-corrected chi connectivity index (χ3v) is 5.67. The van der Waals surface area contributed by atoms with Gasteiger partial charge in [0.25, 0.3) is 0 Å². The van der Waals surface area contributed by atoms with Gasteiger partial charge in [0.2, 0.25) is 5.91 Å². The molecule has 1 amide bonds. The molecule has 4 rings (SSSR count). The first-order valence-electron chi connectivity index (χ1n) is 10.3. The summed E-state index contributed by atoms with van der Waals surface area (Å²) in [5.74, 6) is 0.114. The quantitative estimate of drug-likeness (QED) is 0.838. The standard InChI is InChI=1S/C23H29N3O2/c27-23(22-11-6-12-26(22)17-19-7-2-1-3-8-19)24-21-10-5-4-9-20(21)18-25-13-15-28-16-14-25/h1-5,7-10,22H,6,11-18H2,(H,24,27)/t22-/m0/s1. The van der Waals surface area contributed by atoms with Crippen molar-refractivity contribution in [2.75, 3.05) is 38.2 Å². The number of ether oxygens (including phenoxy) is 1. The van der Waals surface area contributed by atoms with Gasteiger partial charge in [-0.3, -0.25) is 14.6 Å². The molecule has 2 saturated heterocycles. The molecule has 0 radical (unpaired) electrons. The second-order valence-electron chi connectivity index (χ2n) is 7.65. The number of morpholine rings is 1. The molecule has 2 aromatic rings. The van der Waals surface area contributed by atoms with Crippen molar-refractivity contribution in [2.45, 2.75) is 32.0 Å². The number of nitrogens with one attached hydrogen (secondary N) is 1. The Morgan fingerprint density at radius 3 is 2.54 bits per heavy atom. The van der Waals surface area contributed by atoms with Crippen LogP contribution in [-0.4, -0.2) is 54.6 Å². The molecule has 0 unspecified atom stereocenters. The normalized spacial score (nSPS) is 20.9. The topological polar surface area (TPSA) is 44.8 Å². The smallest absolute Gasteiger partial charge is 0.241 e. The molecule has 1 N–H and O–H groups in total. The van der Waals surface area contributed by atoms with Gasteiger partial charge in [-0.05, 0) is 36.6 Å². The molecule has 2 fully saturated rings. The molecule has 2 aromatic carbocycles. The minimum atomic E-state index is -0.0587. The Labute approximate surface area is 167 Å². The largest absolute Gasteiger partial charge is 0.379 e. The molecule has 2 heterocycles. The van der Waals surface area contributed by atoms with Gasteiger partial charge in [-0.2, -0.15) is 0 Å². The summed E-state index contributed by atoms with van der Waals surface area (Å²) in [6.07, 6.45) is 1.99. The van der Waals surface area contributed by atoms with E-state index in [1.807, 2.05) is 24.3 Å². The molecule has 5 heteroatoms. The number of nitrogens with zero attached hydrogens (tertiary/aromatic N) is 2. The molecular formula is C23H29N3O2. The lowest BCUT2D eigenvalue weighted by Gasteiger charge is -2.28. The van der Waals surface area contributed by atoms with Crippen LogP contribution in [0.5, 0.6) is 0 Å². The zero-order valence-electron chi connectivity index (χ0n) is 16.3. The third-order valence-electron chi connectivity index (χ3n) is 5.67. The van der Waals surface area contributed by atoms with Crippen molar-refractivity contribution in [3.05, 3.63) is 65.7 Å². The number of anilines is 1. The van der Waals surface area contributed by atoms with Crippen molar-refractivity contribution in [3.8, 4) is 0 Å². The van der Waals surface area contributed by atoms with Gasteiger partial charge in [-0.1, -0.05) is 48.5 Å². The van der Waals surface area contributed by atoms with Gasteiger partial charge in [0.15, 0.2) is 0 Å². The Bertz CT molecular complexity index is 774. The zero-order valence-corrected chi connectivity index (χ0v) is 16.3. The summed E-state index contributed by atoms with van der Waals surface area (Å²) in [5, 5.41) is 3.22. The lowest BCUT2D eigenvalue weighted by molar-refractivity contribution is -0.120. The SMILES string of the molecule is O=C(Nc1ccccc1CN1CCOCC1)[C@@H]1CCCN1Cc1ccccc1. The molecule has 148 valence electrons. The fraction of sp³-hybridized carbons (Fsp3) is 0.435. The lowest BCUT2D eigenvalue weighted by Crippen LogP contribution is -2.39. The van der Waals surface area contributed by atoms with E-state index < -0.39 is 0 Å². The van der Waals surface area contributed by atoms with Crippen molar-refractivity contribution in [1.82, 2.24) is 9.80 Å². The van der Waals surface area contributed by atoms with Crippen molar-refractivity contribution in [2.24, 2.45) is 0 Å². The van der Waals surface area contributed by atoms with Crippen LogP contribution < -0.4 is 5.32 Å². The van der Waals surface area contributed by atoms with Gasteiger partial charge in [-0.25, -0.2) is 0 Å². The van der Waals surface area contributed by atoms with Gasteiger partial charge >= 0.3 is 0 Å². The first-order chi connectivity index (χ1) is 13.8. The summed E-state index contributed by atoms with van der Waals surface area (Å²) >= 11 is 0. The van der Waals surface area contributed by atoms with Crippen LogP contribution in [0, 0.1) is 0 Å². The lowest BCUT2D eigenvalue weighted by atomic mass is 10.1. The molecule has 1 atom stereocenters.